The molecular weight excluding hydrogens is 234 g/mol. The van der Waals surface area contributed by atoms with Crippen LogP contribution in [-0.4, -0.2) is 32.7 Å². The van der Waals surface area contributed by atoms with Crippen LogP contribution in [0.3, 0.4) is 0 Å². The number of ether oxygens (including phenoxy) is 1. The number of hydrogen-bond acceptors (Lipinski definition) is 5. The minimum absolute atomic E-state index is 0.0386. The molecule has 1 aromatic rings. The fourth-order valence-electron chi connectivity index (χ4n) is 2.32. The first kappa shape index (κ1) is 13.0. The molecule has 0 radical (unpaired) electrons. The van der Waals surface area contributed by atoms with Crippen molar-refractivity contribution in [1.82, 2.24) is 15.0 Å². The second-order valence-electron chi connectivity index (χ2n) is 4.70. The van der Waals surface area contributed by atoms with Crippen molar-refractivity contribution in [3.8, 4) is 0 Å². The van der Waals surface area contributed by atoms with Crippen molar-refractivity contribution in [3.05, 3.63) is 11.9 Å². The van der Waals surface area contributed by atoms with Crippen LogP contribution in [0.25, 0.3) is 0 Å². The lowest BCUT2D eigenvalue weighted by Crippen LogP contribution is -2.28. The third-order valence-corrected chi connectivity index (χ3v) is 3.29. The Hall–Kier alpha value is -1.43. The number of nitrogens with zero attached hydrogens (tertiary/aromatic N) is 3. The first-order valence-corrected chi connectivity index (χ1v) is 6.43. The molecule has 0 aliphatic heterocycles. The molecule has 1 saturated carbocycles. The maximum atomic E-state index is 11.3. The lowest BCUT2D eigenvalue weighted by Gasteiger charge is -2.29. The van der Waals surface area contributed by atoms with Crippen molar-refractivity contribution < 1.29 is 14.6 Å². The van der Waals surface area contributed by atoms with Crippen molar-refractivity contribution in [2.45, 2.75) is 51.2 Å². The van der Waals surface area contributed by atoms with Gasteiger partial charge in [-0.3, -0.25) is 4.79 Å². The Balaban J connectivity index is 2.03. The molecule has 1 aliphatic carbocycles. The van der Waals surface area contributed by atoms with Crippen molar-refractivity contribution >= 4 is 5.97 Å². The van der Waals surface area contributed by atoms with Crippen LogP contribution in [0.5, 0.6) is 0 Å². The number of hydrogen-bond donors (Lipinski definition) is 1. The summed E-state index contributed by atoms with van der Waals surface area (Å²) < 4.78 is 6.25. The molecule has 1 heterocycles. The zero-order chi connectivity index (χ0) is 13.0. The summed E-state index contributed by atoms with van der Waals surface area (Å²) >= 11 is 0. The summed E-state index contributed by atoms with van der Waals surface area (Å²) in [4.78, 5) is 11.3. The molecule has 100 valence electrons. The predicted molar refractivity (Wildman–Crippen MR) is 63.6 cm³/mol. The van der Waals surface area contributed by atoms with Crippen LogP contribution in [0.15, 0.2) is 6.20 Å². The molecule has 1 fully saturated rings. The van der Waals surface area contributed by atoms with Gasteiger partial charge in [-0.05, 0) is 19.8 Å². The first-order chi connectivity index (χ1) is 8.64. The smallest absolute Gasteiger partial charge is 0.327 e. The number of esters is 1. The molecule has 0 atom stereocenters. The monoisotopic (exact) mass is 253 g/mol. The van der Waals surface area contributed by atoms with Crippen LogP contribution < -0.4 is 0 Å². The van der Waals surface area contributed by atoms with Gasteiger partial charge >= 0.3 is 5.97 Å². The summed E-state index contributed by atoms with van der Waals surface area (Å²) in [6.07, 6.45) is 6.22. The van der Waals surface area contributed by atoms with E-state index < -0.39 is 5.60 Å². The van der Waals surface area contributed by atoms with E-state index in [9.17, 15) is 9.90 Å². The lowest BCUT2D eigenvalue weighted by atomic mass is 9.83. The molecular formula is C12H19N3O3. The zero-order valence-electron chi connectivity index (χ0n) is 10.6. The number of rotatable bonds is 4. The van der Waals surface area contributed by atoms with E-state index >= 15 is 0 Å². The summed E-state index contributed by atoms with van der Waals surface area (Å²) in [5.74, 6) is -0.343. The molecule has 0 aromatic carbocycles. The van der Waals surface area contributed by atoms with E-state index in [4.69, 9.17) is 4.74 Å². The van der Waals surface area contributed by atoms with E-state index in [0.29, 0.717) is 25.1 Å². The Morgan fingerprint density at radius 2 is 2.22 bits per heavy atom. The topological polar surface area (TPSA) is 77.2 Å². The van der Waals surface area contributed by atoms with Gasteiger partial charge in [-0.2, -0.15) is 0 Å². The van der Waals surface area contributed by atoms with Crippen LogP contribution in [0, 0.1) is 0 Å². The Labute approximate surface area is 106 Å². The lowest BCUT2D eigenvalue weighted by molar-refractivity contribution is -0.144. The minimum atomic E-state index is -0.870. The van der Waals surface area contributed by atoms with Gasteiger partial charge in [-0.25, -0.2) is 4.68 Å². The molecule has 6 heteroatoms. The van der Waals surface area contributed by atoms with Crippen LogP contribution in [0.1, 0.15) is 44.7 Å². The highest BCUT2D eigenvalue weighted by atomic mass is 16.5. The fraction of sp³-hybridized carbons (Fsp3) is 0.750. The van der Waals surface area contributed by atoms with Crippen molar-refractivity contribution in [1.29, 1.82) is 0 Å². The van der Waals surface area contributed by atoms with Gasteiger partial charge in [0.1, 0.15) is 17.8 Å². The highest BCUT2D eigenvalue weighted by Gasteiger charge is 2.34. The van der Waals surface area contributed by atoms with Crippen LogP contribution in [0.4, 0.5) is 0 Å². The van der Waals surface area contributed by atoms with E-state index in [1.165, 1.54) is 4.68 Å². The van der Waals surface area contributed by atoms with Gasteiger partial charge in [0.2, 0.25) is 0 Å². The van der Waals surface area contributed by atoms with Gasteiger partial charge in [0.25, 0.3) is 0 Å². The maximum Gasteiger partial charge on any atom is 0.327 e. The fourth-order valence-corrected chi connectivity index (χ4v) is 2.32. The Bertz CT molecular complexity index is 410. The summed E-state index contributed by atoms with van der Waals surface area (Å²) in [6.45, 7) is 2.15. The molecule has 18 heavy (non-hydrogen) atoms. The summed E-state index contributed by atoms with van der Waals surface area (Å²) in [7, 11) is 0. The molecule has 1 N–H and O–H groups in total. The minimum Gasteiger partial charge on any atom is -0.465 e. The number of carbonyl (C=O) groups is 1. The quantitative estimate of drug-likeness (QED) is 0.810. The van der Waals surface area contributed by atoms with Crippen LogP contribution >= 0.6 is 0 Å². The third kappa shape index (κ3) is 2.87. The maximum absolute atomic E-state index is 11.3. The van der Waals surface area contributed by atoms with E-state index in [1.54, 1.807) is 13.1 Å². The van der Waals surface area contributed by atoms with Gasteiger partial charge in [-0.1, -0.05) is 24.5 Å². The average Bonchev–Trinajstić information content (AvgIpc) is 2.79. The highest BCUT2D eigenvalue weighted by molar-refractivity contribution is 5.68. The first-order valence-electron chi connectivity index (χ1n) is 6.43. The van der Waals surface area contributed by atoms with Crippen molar-refractivity contribution in [2.24, 2.45) is 0 Å². The summed E-state index contributed by atoms with van der Waals surface area (Å²) in [5, 5.41) is 18.3. The molecule has 0 bridgehead atoms. The molecule has 1 aliphatic rings. The van der Waals surface area contributed by atoms with Gasteiger partial charge in [0.15, 0.2) is 0 Å². The van der Waals surface area contributed by atoms with Crippen LogP contribution in [-0.2, 0) is 21.7 Å². The van der Waals surface area contributed by atoms with Gasteiger partial charge < -0.3 is 9.84 Å². The molecule has 0 amide bonds. The average molecular weight is 253 g/mol. The van der Waals surface area contributed by atoms with Gasteiger partial charge in [0, 0.05) is 0 Å². The summed E-state index contributed by atoms with van der Waals surface area (Å²) in [6, 6.07) is 0. The van der Waals surface area contributed by atoms with E-state index in [2.05, 4.69) is 10.3 Å². The summed E-state index contributed by atoms with van der Waals surface area (Å²) in [5.41, 5.74) is -0.308. The van der Waals surface area contributed by atoms with Crippen molar-refractivity contribution in [3.63, 3.8) is 0 Å². The molecule has 0 unspecified atom stereocenters. The van der Waals surface area contributed by atoms with E-state index in [0.717, 1.165) is 19.3 Å². The zero-order valence-corrected chi connectivity index (χ0v) is 10.6. The molecule has 6 nitrogen and oxygen atoms in total. The SMILES string of the molecule is CCOC(=O)Cn1cc(C2(O)CCCCC2)nn1. The second-order valence-corrected chi connectivity index (χ2v) is 4.70. The Kier molecular flexibility index (Phi) is 3.96. The standard InChI is InChI=1S/C12H19N3O3/c1-2-18-11(16)9-15-8-10(13-14-15)12(17)6-4-3-5-7-12/h8,17H,2-7,9H2,1H3. The normalized spacial score (nSPS) is 18.6. The molecule has 2 rings (SSSR count). The van der Waals surface area contributed by atoms with E-state index in [1.807, 2.05) is 0 Å². The number of carbonyl (C=O) groups excluding carboxylic acids is 1. The third-order valence-electron chi connectivity index (χ3n) is 3.29. The van der Waals surface area contributed by atoms with E-state index in [-0.39, 0.29) is 12.5 Å². The number of aromatic nitrogens is 3. The predicted octanol–water partition coefficient (Wildman–Crippen LogP) is 0.993. The van der Waals surface area contributed by atoms with Crippen molar-refractivity contribution in [2.75, 3.05) is 6.61 Å². The largest absolute Gasteiger partial charge is 0.465 e. The molecule has 1 aromatic heterocycles. The molecule has 0 saturated heterocycles. The highest BCUT2D eigenvalue weighted by Crippen LogP contribution is 2.35. The molecule has 0 spiro atoms. The van der Waals surface area contributed by atoms with Gasteiger partial charge in [-0.15, -0.1) is 5.10 Å². The number of aliphatic hydroxyl groups is 1. The Morgan fingerprint density at radius 3 is 2.89 bits per heavy atom. The van der Waals surface area contributed by atoms with Gasteiger partial charge in [0.05, 0.1) is 12.8 Å². The Morgan fingerprint density at radius 1 is 1.50 bits per heavy atom. The second kappa shape index (κ2) is 5.48. The van der Waals surface area contributed by atoms with Crippen LogP contribution in [0.2, 0.25) is 0 Å².